The minimum atomic E-state index is 0.248. The second-order valence-corrected chi connectivity index (χ2v) is 5.61. The summed E-state index contributed by atoms with van der Waals surface area (Å²) in [6, 6.07) is 0. The number of anilines is 2. The Morgan fingerprint density at radius 3 is 2.58 bits per heavy atom. The predicted octanol–water partition coefficient (Wildman–Crippen LogP) is 1.46. The number of hydrogen-bond donors (Lipinski definition) is 4. The van der Waals surface area contributed by atoms with Crippen LogP contribution in [0.4, 0.5) is 11.6 Å². The number of hydrogen-bond acceptors (Lipinski definition) is 6. The number of aliphatic hydroxyl groups excluding tert-OH is 1. The van der Waals surface area contributed by atoms with Gasteiger partial charge >= 0.3 is 0 Å². The van der Waals surface area contributed by atoms with Crippen molar-refractivity contribution in [2.45, 2.75) is 39.0 Å². The molecular formula is C13H23N5O. The van der Waals surface area contributed by atoms with Crippen molar-refractivity contribution in [3.05, 3.63) is 11.9 Å². The lowest BCUT2D eigenvalue weighted by molar-refractivity contribution is 0.253. The average Bonchev–Trinajstić information content (AvgIpc) is 3.16. The molecule has 0 radical (unpaired) electrons. The van der Waals surface area contributed by atoms with Crippen molar-refractivity contribution in [3.63, 3.8) is 0 Å². The van der Waals surface area contributed by atoms with Crippen LogP contribution in [-0.4, -0.2) is 28.2 Å². The molecule has 0 amide bonds. The van der Waals surface area contributed by atoms with Gasteiger partial charge in [-0.3, -0.25) is 0 Å². The van der Waals surface area contributed by atoms with E-state index in [1.807, 2.05) is 0 Å². The summed E-state index contributed by atoms with van der Waals surface area (Å²) < 4.78 is 0. The molecule has 1 fully saturated rings. The first-order valence-corrected chi connectivity index (χ1v) is 6.78. The summed E-state index contributed by atoms with van der Waals surface area (Å²) in [4.78, 5) is 8.47. The Hall–Kier alpha value is -1.40. The van der Waals surface area contributed by atoms with Gasteiger partial charge in [0.2, 0.25) is 0 Å². The first-order chi connectivity index (χ1) is 9.12. The monoisotopic (exact) mass is 265 g/mol. The van der Waals surface area contributed by atoms with Gasteiger partial charge in [0.1, 0.15) is 18.0 Å². The SMILES string of the molecule is CC(C)c1c(NN)ncnc1NCC1(CCO)CC1. The van der Waals surface area contributed by atoms with Gasteiger partial charge in [-0.25, -0.2) is 15.8 Å². The van der Waals surface area contributed by atoms with Crippen molar-refractivity contribution in [3.8, 4) is 0 Å². The summed E-state index contributed by atoms with van der Waals surface area (Å²) in [5.41, 5.74) is 3.88. The highest BCUT2D eigenvalue weighted by Gasteiger charge is 2.41. The molecule has 1 aromatic rings. The van der Waals surface area contributed by atoms with Crippen molar-refractivity contribution in [2.75, 3.05) is 23.9 Å². The van der Waals surface area contributed by atoms with E-state index in [4.69, 9.17) is 10.9 Å². The van der Waals surface area contributed by atoms with Crippen LogP contribution >= 0.6 is 0 Å². The van der Waals surface area contributed by atoms with Crippen LogP contribution in [0.25, 0.3) is 0 Å². The third-order valence-corrected chi connectivity index (χ3v) is 3.83. The zero-order valence-electron chi connectivity index (χ0n) is 11.6. The molecule has 0 saturated heterocycles. The number of hydrazine groups is 1. The molecule has 0 aromatic carbocycles. The van der Waals surface area contributed by atoms with Crippen molar-refractivity contribution in [1.82, 2.24) is 9.97 Å². The molecule has 2 rings (SSSR count). The van der Waals surface area contributed by atoms with Crippen molar-refractivity contribution < 1.29 is 5.11 Å². The summed E-state index contributed by atoms with van der Waals surface area (Å²) in [5.74, 6) is 7.28. The number of rotatable bonds is 7. The number of aliphatic hydroxyl groups is 1. The quantitative estimate of drug-likeness (QED) is 0.440. The number of nitrogen functional groups attached to an aromatic ring is 1. The van der Waals surface area contributed by atoms with E-state index in [9.17, 15) is 0 Å². The van der Waals surface area contributed by atoms with Crippen molar-refractivity contribution in [2.24, 2.45) is 11.3 Å². The number of nitrogens with two attached hydrogens (primary N) is 1. The molecular weight excluding hydrogens is 242 g/mol. The van der Waals surface area contributed by atoms with Crippen LogP contribution in [0.2, 0.25) is 0 Å². The fraction of sp³-hybridized carbons (Fsp3) is 0.692. The van der Waals surface area contributed by atoms with Gasteiger partial charge in [-0.05, 0) is 30.6 Å². The van der Waals surface area contributed by atoms with Gasteiger partial charge < -0.3 is 15.8 Å². The van der Waals surface area contributed by atoms with Gasteiger partial charge in [0.15, 0.2) is 0 Å². The van der Waals surface area contributed by atoms with Crippen LogP contribution < -0.4 is 16.6 Å². The summed E-state index contributed by atoms with van der Waals surface area (Å²) in [6.07, 6.45) is 4.70. The summed E-state index contributed by atoms with van der Waals surface area (Å²) in [6.45, 7) is 5.27. The zero-order chi connectivity index (χ0) is 13.9. The lowest BCUT2D eigenvalue weighted by atomic mass is 10.0. The van der Waals surface area contributed by atoms with Crippen LogP contribution in [0.15, 0.2) is 6.33 Å². The maximum atomic E-state index is 9.08. The standard InChI is InChI=1S/C13H23N5O/c1-9(2)10-11(16-8-17-12(10)18-14)15-7-13(3-4-13)5-6-19/h8-9,19H,3-7,14H2,1-2H3,(H2,15,16,17,18). The Labute approximate surface area is 113 Å². The van der Waals surface area contributed by atoms with E-state index in [-0.39, 0.29) is 17.9 Å². The second kappa shape index (κ2) is 5.71. The first-order valence-electron chi connectivity index (χ1n) is 6.78. The number of nitrogens with zero attached hydrogens (tertiary/aromatic N) is 2. The van der Waals surface area contributed by atoms with Crippen LogP contribution in [0.5, 0.6) is 0 Å². The van der Waals surface area contributed by atoms with Gasteiger partial charge in [0, 0.05) is 18.7 Å². The predicted molar refractivity (Wildman–Crippen MR) is 75.8 cm³/mol. The van der Waals surface area contributed by atoms with Crippen LogP contribution in [0, 0.1) is 5.41 Å². The second-order valence-electron chi connectivity index (χ2n) is 5.61. The highest BCUT2D eigenvalue weighted by atomic mass is 16.3. The topological polar surface area (TPSA) is 96.1 Å². The largest absolute Gasteiger partial charge is 0.396 e. The molecule has 6 heteroatoms. The molecule has 0 unspecified atom stereocenters. The molecule has 1 saturated carbocycles. The fourth-order valence-corrected chi connectivity index (χ4v) is 2.40. The summed E-state index contributed by atoms with van der Waals surface area (Å²) in [7, 11) is 0. The molecule has 19 heavy (non-hydrogen) atoms. The Morgan fingerprint density at radius 1 is 1.37 bits per heavy atom. The van der Waals surface area contributed by atoms with E-state index in [1.165, 1.54) is 19.2 Å². The minimum Gasteiger partial charge on any atom is -0.396 e. The van der Waals surface area contributed by atoms with Gasteiger partial charge in [-0.2, -0.15) is 0 Å². The van der Waals surface area contributed by atoms with Gasteiger partial charge in [0.05, 0.1) is 0 Å². The molecule has 1 aromatic heterocycles. The van der Waals surface area contributed by atoms with Crippen LogP contribution in [0.3, 0.4) is 0 Å². The lowest BCUT2D eigenvalue weighted by Gasteiger charge is -2.19. The van der Waals surface area contributed by atoms with E-state index >= 15 is 0 Å². The molecule has 0 aliphatic heterocycles. The van der Waals surface area contributed by atoms with Crippen LogP contribution in [-0.2, 0) is 0 Å². The highest BCUT2D eigenvalue weighted by Crippen LogP contribution is 2.48. The van der Waals surface area contributed by atoms with E-state index in [2.05, 4.69) is 34.6 Å². The molecule has 6 nitrogen and oxygen atoms in total. The lowest BCUT2D eigenvalue weighted by Crippen LogP contribution is -2.20. The number of nitrogens with one attached hydrogen (secondary N) is 2. The molecule has 1 heterocycles. The van der Waals surface area contributed by atoms with Crippen molar-refractivity contribution in [1.29, 1.82) is 0 Å². The van der Waals surface area contributed by atoms with Gasteiger partial charge in [-0.1, -0.05) is 13.8 Å². The Balaban J connectivity index is 2.11. The maximum absolute atomic E-state index is 9.08. The Bertz CT molecular complexity index is 431. The molecule has 1 aliphatic carbocycles. The molecule has 0 atom stereocenters. The first kappa shape index (κ1) is 14.0. The molecule has 0 spiro atoms. The van der Waals surface area contributed by atoms with E-state index in [0.717, 1.165) is 24.3 Å². The average molecular weight is 265 g/mol. The third kappa shape index (κ3) is 3.13. The van der Waals surface area contributed by atoms with E-state index in [0.29, 0.717) is 5.82 Å². The van der Waals surface area contributed by atoms with Crippen molar-refractivity contribution >= 4 is 11.6 Å². The Kier molecular flexibility index (Phi) is 4.21. The van der Waals surface area contributed by atoms with E-state index in [1.54, 1.807) is 0 Å². The fourth-order valence-electron chi connectivity index (χ4n) is 2.40. The third-order valence-electron chi connectivity index (χ3n) is 3.83. The summed E-state index contributed by atoms with van der Waals surface area (Å²) >= 11 is 0. The summed E-state index contributed by atoms with van der Waals surface area (Å²) in [5, 5.41) is 12.5. The van der Waals surface area contributed by atoms with Gasteiger partial charge in [0.25, 0.3) is 0 Å². The smallest absolute Gasteiger partial charge is 0.148 e. The normalized spacial score (nSPS) is 16.5. The van der Waals surface area contributed by atoms with Crippen LogP contribution in [0.1, 0.15) is 44.6 Å². The van der Waals surface area contributed by atoms with E-state index < -0.39 is 0 Å². The number of aromatic nitrogens is 2. The van der Waals surface area contributed by atoms with Gasteiger partial charge in [-0.15, -0.1) is 0 Å². The molecule has 1 aliphatic rings. The molecule has 5 N–H and O–H groups in total. The zero-order valence-corrected chi connectivity index (χ0v) is 11.6. The highest BCUT2D eigenvalue weighted by molar-refractivity contribution is 5.58. The Morgan fingerprint density at radius 2 is 2.05 bits per heavy atom. The maximum Gasteiger partial charge on any atom is 0.148 e. The molecule has 0 bridgehead atoms. The minimum absolute atomic E-state index is 0.248. The molecule has 106 valence electrons.